The van der Waals surface area contributed by atoms with Crippen molar-refractivity contribution in [2.45, 2.75) is 72.4 Å². The fourth-order valence-electron chi connectivity index (χ4n) is 2.70. The summed E-state index contributed by atoms with van der Waals surface area (Å²) in [4.78, 5) is 29.7. The van der Waals surface area contributed by atoms with E-state index >= 15 is 0 Å². The Kier molecular flexibility index (Phi) is 5.66. The van der Waals surface area contributed by atoms with Crippen molar-refractivity contribution >= 4 is 12.1 Å². The van der Waals surface area contributed by atoms with Crippen LogP contribution in [-0.2, 0) is 19.1 Å². The molecule has 25 heavy (non-hydrogen) atoms. The second kappa shape index (κ2) is 7.23. The summed E-state index contributed by atoms with van der Waals surface area (Å²) in [6.45, 7) is 11.5. The minimum atomic E-state index is -0.548. The number of carbonyl (C=O) groups is 2. The molecule has 0 aromatic carbocycles. The fraction of sp³-hybridized carbons (Fsp3) is 0.778. The van der Waals surface area contributed by atoms with Gasteiger partial charge < -0.3 is 19.6 Å². The number of hydroxylamine groups is 2. The maximum atomic E-state index is 12.0. The van der Waals surface area contributed by atoms with Gasteiger partial charge in [-0.2, -0.15) is 0 Å². The van der Waals surface area contributed by atoms with Gasteiger partial charge in [0.05, 0.1) is 18.0 Å². The number of amides is 1. The van der Waals surface area contributed by atoms with Gasteiger partial charge in [0, 0.05) is 12.0 Å². The van der Waals surface area contributed by atoms with Crippen LogP contribution in [0.1, 0.15) is 60.8 Å². The van der Waals surface area contributed by atoms with Gasteiger partial charge in [-0.05, 0) is 54.4 Å². The molecule has 1 aliphatic heterocycles. The van der Waals surface area contributed by atoms with Crippen LogP contribution in [0.15, 0.2) is 11.3 Å². The first-order valence-electron chi connectivity index (χ1n) is 8.77. The van der Waals surface area contributed by atoms with Crippen molar-refractivity contribution in [1.29, 1.82) is 0 Å². The summed E-state index contributed by atoms with van der Waals surface area (Å²) in [5.41, 5.74) is -0.0490. The van der Waals surface area contributed by atoms with E-state index in [1.54, 1.807) is 5.06 Å². The van der Waals surface area contributed by atoms with Gasteiger partial charge in [0.2, 0.25) is 0 Å². The summed E-state index contributed by atoms with van der Waals surface area (Å²) < 4.78 is 10.6. The van der Waals surface area contributed by atoms with Crippen LogP contribution >= 0.6 is 0 Å². The van der Waals surface area contributed by atoms with E-state index in [0.717, 1.165) is 30.6 Å². The summed E-state index contributed by atoms with van der Waals surface area (Å²) in [5.74, 6) is 0.587. The first-order valence-corrected chi connectivity index (χ1v) is 8.77. The van der Waals surface area contributed by atoms with Crippen molar-refractivity contribution in [3.05, 3.63) is 11.3 Å². The number of rotatable bonds is 3. The second-order valence-corrected chi connectivity index (χ2v) is 8.58. The molecule has 0 aromatic heterocycles. The van der Waals surface area contributed by atoms with Crippen molar-refractivity contribution < 1.29 is 23.9 Å². The number of hydrogen-bond acceptors (Lipinski definition) is 6. The molecule has 142 valence electrons. The minimum Gasteiger partial charge on any atom is -0.446 e. The third kappa shape index (κ3) is 5.63. The third-order valence-corrected chi connectivity index (χ3v) is 3.90. The number of hydrogen-bond donors (Lipinski definition) is 1. The van der Waals surface area contributed by atoms with E-state index in [0.29, 0.717) is 6.54 Å². The van der Waals surface area contributed by atoms with E-state index in [-0.39, 0.29) is 18.7 Å². The van der Waals surface area contributed by atoms with Gasteiger partial charge in [-0.15, -0.1) is 5.06 Å². The van der Waals surface area contributed by atoms with Crippen molar-refractivity contribution in [3.8, 4) is 0 Å². The molecule has 0 saturated carbocycles. The molecular formula is C18H30N2O5. The summed E-state index contributed by atoms with van der Waals surface area (Å²) in [6, 6.07) is -0.109. The van der Waals surface area contributed by atoms with Crippen LogP contribution < -0.4 is 5.32 Å². The maximum Gasteiger partial charge on any atom is 0.408 e. The molecule has 0 saturated heterocycles. The normalized spacial score (nSPS) is 21.4. The van der Waals surface area contributed by atoms with Gasteiger partial charge in [-0.25, -0.2) is 4.79 Å². The molecule has 0 radical (unpaired) electrons. The molecule has 2 rings (SSSR count). The molecule has 1 N–H and O–H groups in total. The van der Waals surface area contributed by atoms with Crippen molar-refractivity contribution in [3.63, 3.8) is 0 Å². The number of allylic oxidation sites excluding steroid dienone is 1. The standard InChI is InChI=1S/C18H30N2O5/c1-17(2,3)15(21)23-11-20-10-12-13(8-7-9-14(12)25-20)19-16(22)24-18(4,5)6/h13H,7-11H2,1-6H3,(H,19,22). The Bertz CT molecular complexity index is 557. The van der Waals surface area contributed by atoms with Crippen LogP contribution in [-0.4, -0.2) is 42.0 Å². The number of nitrogens with zero attached hydrogens (tertiary/aromatic N) is 1. The van der Waals surface area contributed by atoms with E-state index in [1.807, 2.05) is 41.5 Å². The monoisotopic (exact) mass is 354 g/mol. The van der Waals surface area contributed by atoms with Gasteiger partial charge in [-0.3, -0.25) is 4.79 Å². The van der Waals surface area contributed by atoms with E-state index in [1.165, 1.54) is 0 Å². The topological polar surface area (TPSA) is 77.1 Å². The van der Waals surface area contributed by atoms with Crippen LogP contribution in [0.5, 0.6) is 0 Å². The molecule has 1 aliphatic carbocycles. The van der Waals surface area contributed by atoms with E-state index in [9.17, 15) is 9.59 Å². The lowest BCUT2D eigenvalue weighted by atomic mass is 9.93. The minimum absolute atomic E-state index is 0.0717. The van der Waals surface area contributed by atoms with E-state index < -0.39 is 17.1 Å². The lowest BCUT2D eigenvalue weighted by Gasteiger charge is -2.26. The number of esters is 1. The van der Waals surface area contributed by atoms with Crippen molar-refractivity contribution in [1.82, 2.24) is 10.4 Å². The SMILES string of the molecule is CC(C)(C)OC(=O)NC1CCCC2=C1CN(COC(=O)C(C)(C)C)O2. The Balaban J connectivity index is 1.90. The highest BCUT2D eigenvalue weighted by molar-refractivity contribution is 5.75. The third-order valence-electron chi connectivity index (χ3n) is 3.90. The lowest BCUT2D eigenvalue weighted by molar-refractivity contribution is -0.185. The maximum absolute atomic E-state index is 12.0. The Labute approximate surface area is 149 Å². The Morgan fingerprint density at radius 1 is 1.24 bits per heavy atom. The summed E-state index contributed by atoms with van der Waals surface area (Å²) in [7, 11) is 0. The van der Waals surface area contributed by atoms with Gasteiger partial charge in [-0.1, -0.05) is 0 Å². The average molecular weight is 354 g/mol. The van der Waals surface area contributed by atoms with Crippen LogP contribution in [0, 0.1) is 5.41 Å². The largest absolute Gasteiger partial charge is 0.446 e. The van der Waals surface area contributed by atoms with Crippen LogP contribution in [0.4, 0.5) is 4.79 Å². The molecule has 2 aliphatic rings. The highest BCUT2D eigenvalue weighted by Gasteiger charge is 2.35. The Morgan fingerprint density at radius 3 is 2.52 bits per heavy atom. The van der Waals surface area contributed by atoms with Gasteiger partial charge >= 0.3 is 12.1 Å². The summed E-state index contributed by atoms with van der Waals surface area (Å²) >= 11 is 0. The quantitative estimate of drug-likeness (QED) is 0.785. The zero-order valence-corrected chi connectivity index (χ0v) is 16.1. The molecule has 1 atom stereocenters. The van der Waals surface area contributed by atoms with Gasteiger partial charge in [0.15, 0.2) is 6.73 Å². The lowest BCUT2D eigenvalue weighted by Crippen LogP contribution is -2.42. The fourth-order valence-corrected chi connectivity index (χ4v) is 2.70. The first kappa shape index (κ1) is 19.6. The summed E-state index contributed by atoms with van der Waals surface area (Å²) in [6.07, 6.45) is 2.17. The second-order valence-electron chi connectivity index (χ2n) is 8.58. The predicted octanol–water partition coefficient (Wildman–Crippen LogP) is 3.11. The zero-order valence-electron chi connectivity index (χ0n) is 16.1. The number of ether oxygens (including phenoxy) is 2. The van der Waals surface area contributed by atoms with E-state index in [4.69, 9.17) is 14.3 Å². The van der Waals surface area contributed by atoms with E-state index in [2.05, 4.69) is 5.32 Å². The van der Waals surface area contributed by atoms with Crippen molar-refractivity contribution in [2.24, 2.45) is 5.41 Å². The number of alkyl carbamates (subject to hydrolysis) is 1. The van der Waals surface area contributed by atoms with Crippen LogP contribution in [0.2, 0.25) is 0 Å². The smallest absolute Gasteiger partial charge is 0.408 e. The Hall–Kier alpha value is -1.76. The highest BCUT2D eigenvalue weighted by Crippen LogP contribution is 2.32. The van der Waals surface area contributed by atoms with Gasteiger partial charge in [0.25, 0.3) is 0 Å². The zero-order chi connectivity index (χ0) is 18.8. The molecule has 0 fully saturated rings. The highest BCUT2D eigenvalue weighted by atomic mass is 16.7. The molecule has 7 heteroatoms. The Morgan fingerprint density at radius 2 is 1.92 bits per heavy atom. The predicted molar refractivity (Wildman–Crippen MR) is 92.2 cm³/mol. The van der Waals surface area contributed by atoms with Crippen molar-refractivity contribution in [2.75, 3.05) is 13.3 Å². The molecule has 0 aromatic rings. The number of carbonyl (C=O) groups excluding carboxylic acids is 2. The molecule has 1 amide bonds. The van der Waals surface area contributed by atoms with Crippen LogP contribution in [0.3, 0.4) is 0 Å². The van der Waals surface area contributed by atoms with Gasteiger partial charge in [0.1, 0.15) is 11.4 Å². The summed E-state index contributed by atoms with van der Waals surface area (Å²) in [5, 5.41) is 4.54. The molecule has 0 bridgehead atoms. The molecule has 1 heterocycles. The van der Waals surface area contributed by atoms with Crippen LogP contribution in [0.25, 0.3) is 0 Å². The number of nitrogens with one attached hydrogen (secondary N) is 1. The first-order chi connectivity index (χ1) is 11.5. The average Bonchev–Trinajstić information content (AvgIpc) is 2.85. The molecular weight excluding hydrogens is 324 g/mol. The molecule has 1 unspecified atom stereocenters. The molecule has 7 nitrogen and oxygen atoms in total. The molecule has 0 spiro atoms.